The Balaban J connectivity index is 1.70. The number of para-hydroxylation sites is 1. The molecule has 2 rings (SSSR count). The topological polar surface area (TPSA) is 42.0 Å². The van der Waals surface area contributed by atoms with E-state index in [2.05, 4.69) is 17.0 Å². The highest BCUT2D eigenvalue weighted by molar-refractivity contribution is 5.67. The third-order valence-electron chi connectivity index (χ3n) is 4.01. The first-order chi connectivity index (χ1) is 10.7. The highest BCUT2D eigenvalue weighted by atomic mass is 16.6. The van der Waals surface area contributed by atoms with Crippen molar-refractivity contribution in [1.29, 1.82) is 0 Å². The van der Waals surface area contributed by atoms with Gasteiger partial charge in [-0.25, -0.2) is 4.79 Å². The van der Waals surface area contributed by atoms with E-state index in [0.29, 0.717) is 6.61 Å². The molecule has 1 fully saturated rings. The van der Waals surface area contributed by atoms with E-state index in [4.69, 9.17) is 9.47 Å². The molecule has 0 N–H and O–H groups in total. The number of nitrogens with zero attached hydrogens (tertiary/aromatic N) is 2. The summed E-state index contributed by atoms with van der Waals surface area (Å²) in [5.41, 5.74) is 1.26. The zero-order valence-corrected chi connectivity index (χ0v) is 13.6. The number of rotatable bonds is 6. The van der Waals surface area contributed by atoms with Crippen LogP contribution in [-0.2, 0) is 11.2 Å². The van der Waals surface area contributed by atoms with Gasteiger partial charge < -0.3 is 14.4 Å². The Morgan fingerprint density at radius 2 is 1.91 bits per heavy atom. The largest absolute Gasteiger partial charge is 0.496 e. The lowest BCUT2D eigenvalue weighted by Gasteiger charge is -2.34. The number of hydrogen-bond donors (Lipinski definition) is 0. The summed E-state index contributed by atoms with van der Waals surface area (Å²) in [5.74, 6) is 0.967. The van der Waals surface area contributed by atoms with E-state index in [1.165, 1.54) is 5.56 Å². The zero-order valence-electron chi connectivity index (χ0n) is 13.6. The molecule has 22 heavy (non-hydrogen) atoms. The SMILES string of the molecule is CCOC(=O)N1CCN(CCCc2ccccc2OC)CC1. The Hall–Kier alpha value is -1.75. The Morgan fingerprint density at radius 1 is 1.18 bits per heavy atom. The summed E-state index contributed by atoms with van der Waals surface area (Å²) in [5, 5.41) is 0. The van der Waals surface area contributed by atoms with E-state index in [0.717, 1.165) is 51.3 Å². The number of carbonyl (C=O) groups excluding carboxylic acids is 1. The Labute approximate surface area is 132 Å². The minimum atomic E-state index is -0.184. The second kappa shape index (κ2) is 8.63. The number of aryl methyl sites for hydroxylation is 1. The molecule has 0 spiro atoms. The maximum Gasteiger partial charge on any atom is 0.409 e. The number of piperazine rings is 1. The van der Waals surface area contributed by atoms with Crippen LogP contribution in [0.5, 0.6) is 5.75 Å². The summed E-state index contributed by atoms with van der Waals surface area (Å²) >= 11 is 0. The molecular weight excluding hydrogens is 280 g/mol. The minimum absolute atomic E-state index is 0.184. The first-order valence-electron chi connectivity index (χ1n) is 8.00. The number of amides is 1. The molecule has 1 amide bonds. The molecule has 5 nitrogen and oxygen atoms in total. The van der Waals surface area contributed by atoms with Crippen LogP contribution in [0.2, 0.25) is 0 Å². The van der Waals surface area contributed by atoms with Crippen LogP contribution in [0.1, 0.15) is 18.9 Å². The molecule has 0 aromatic heterocycles. The molecule has 0 radical (unpaired) electrons. The van der Waals surface area contributed by atoms with E-state index < -0.39 is 0 Å². The number of ether oxygens (including phenoxy) is 2. The van der Waals surface area contributed by atoms with E-state index in [-0.39, 0.29) is 6.09 Å². The molecular formula is C17H26N2O3. The third-order valence-corrected chi connectivity index (χ3v) is 4.01. The van der Waals surface area contributed by atoms with Gasteiger partial charge in [0.2, 0.25) is 0 Å². The zero-order chi connectivity index (χ0) is 15.8. The van der Waals surface area contributed by atoms with E-state index in [9.17, 15) is 4.79 Å². The lowest BCUT2D eigenvalue weighted by molar-refractivity contribution is 0.0794. The van der Waals surface area contributed by atoms with Gasteiger partial charge >= 0.3 is 6.09 Å². The van der Waals surface area contributed by atoms with Gasteiger partial charge in [-0.2, -0.15) is 0 Å². The van der Waals surface area contributed by atoms with E-state index in [1.807, 2.05) is 19.1 Å². The lowest BCUT2D eigenvalue weighted by atomic mass is 10.1. The van der Waals surface area contributed by atoms with Gasteiger partial charge in [-0.05, 0) is 37.9 Å². The van der Waals surface area contributed by atoms with Gasteiger partial charge in [0.1, 0.15) is 5.75 Å². The van der Waals surface area contributed by atoms with Crippen molar-refractivity contribution in [2.45, 2.75) is 19.8 Å². The molecule has 1 aliphatic rings. The molecule has 1 aromatic rings. The van der Waals surface area contributed by atoms with Crippen LogP contribution in [-0.4, -0.2) is 62.3 Å². The van der Waals surface area contributed by atoms with Gasteiger partial charge in [-0.3, -0.25) is 4.90 Å². The standard InChI is InChI=1S/C17H26N2O3/c1-3-22-17(20)19-13-11-18(12-14-19)10-6-8-15-7-4-5-9-16(15)21-2/h4-5,7,9H,3,6,8,10-14H2,1-2H3. The molecule has 1 saturated heterocycles. The fourth-order valence-electron chi connectivity index (χ4n) is 2.77. The Morgan fingerprint density at radius 3 is 2.59 bits per heavy atom. The van der Waals surface area contributed by atoms with Crippen LogP contribution < -0.4 is 4.74 Å². The average Bonchev–Trinajstić information content (AvgIpc) is 2.56. The van der Waals surface area contributed by atoms with Crippen molar-refractivity contribution < 1.29 is 14.3 Å². The summed E-state index contributed by atoms with van der Waals surface area (Å²) in [6.45, 7) is 6.69. The molecule has 0 saturated carbocycles. The summed E-state index contributed by atoms with van der Waals surface area (Å²) < 4.78 is 10.4. The van der Waals surface area contributed by atoms with Gasteiger partial charge in [-0.1, -0.05) is 18.2 Å². The monoisotopic (exact) mass is 306 g/mol. The van der Waals surface area contributed by atoms with Gasteiger partial charge in [0, 0.05) is 26.2 Å². The quantitative estimate of drug-likeness (QED) is 0.809. The van der Waals surface area contributed by atoms with Crippen LogP contribution in [0.15, 0.2) is 24.3 Å². The number of hydrogen-bond acceptors (Lipinski definition) is 4. The van der Waals surface area contributed by atoms with Crippen molar-refractivity contribution in [3.05, 3.63) is 29.8 Å². The fraction of sp³-hybridized carbons (Fsp3) is 0.588. The highest BCUT2D eigenvalue weighted by Gasteiger charge is 2.21. The molecule has 1 aliphatic heterocycles. The van der Waals surface area contributed by atoms with Crippen LogP contribution in [0.3, 0.4) is 0 Å². The maximum absolute atomic E-state index is 11.6. The van der Waals surface area contributed by atoms with Crippen LogP contribution in [0.25, 0.3) is 0 Å². The lowest BCUT2D eigenvalue weighted by Crippen LogP contribution is -2.49. The summed E-state index contributed by atoms with van der Waals surface area (Å²) in [6.07, 6.45) is 1.93. The number of benzene rings is 1. The summed E-state index contributed by atoms with van der Waals surface area (Å²) in [4.78, 5) is 15.8. The Bertz CT molecular complexity index is 471. The molecule has 0 bridgehead atoms. The molecule has 1 heterocycles. The first-order valence-corrected chi connectivity index (χ1v) is 8.00. The fourth-order valence-corrected chi connectivity index (χ4v) is 2.77. The normalized spacial score (nSPS) is 15.6. The van der Waals surface area contributed by atoms with Crippen molar-refractivity contribution in [3.63, 3.8) is 0 Å². The summed E-state index contributed by atoms with van der Waals surface area (Å²) in [7, 11) is 1.72. The average molecular weight is 306 g/mol. The van der Waals surface area contributed by atoms with Crippen molar-refractivity contribution in [2.24, 2.45) is 0 Å². The van der Waals surface area contributed by atoms with Gasteiger partial charge in [0.05, 0.1) is 13.7 Å². The second-order valence-corrected chi connectivity index (χ2v) is 5.44. The van der Waals surface area contributed by atoms with Crippen molar-refractivity contribution in [2.75, 3.05) is 46.4 Å². The molecule has 122 valence electrons. The van der Waals surface area contributed by atoms with Crippen molar-refractivity contribution in [1.82, 2.24) is 9.80 Å². The van der Waals surface area contributed by atoms with Gasteiger partial charge in [-0.15, -0.1) is 0 Å². The Kier molecular flexibility index (Phi) is 6.52. The predicted octanol–water partition coefficient (Wildman–Crippen LogP) is 2.40. The van der Waals surface area contributed by atoms with Crippen LogP contribution >= 0.6 is 0 Å². The molecule has 0 aliphatic carbocycles. The molecule has 1 aromatic carbocycles. The number of carbonyl (C=O) groups is 1. The summed E-state index contributed by atoms with van der Waals surface area (Å²) in [6, 6.07) is 8.18. The molecule has 0 atom stereocenters. The van der Waals surface area contributed by atoms with Gasteiger partial charge in [0.15, 0.2) is 0 Å². The molecule has 5 heteroatoms. The predicted molar refractivity (Wildman–Crippen MR) is 86.4 cm³/mol. The second-order valence-electron chi connectivity index (χ2n) is 5.44. The maximum atomic E-state index is 11.6. The minimum Gasteiger partial charge on any atom is -0.496 e. The molecule has 0 unspecified atom stereocenters. The van der Waals surface area contributed by atoms with Crippen molar-refractivity contribution in [3.8, 4) is 5.75 Å². The first kappa shape index (κ1) is 16.6. The highest BCUT2D eigenvalue weighted by Crippen LogP contribution is 2.19. The smallest absolute Gasteiger partial charge is 0.409 e. The van der Waals surface area contributed by atoms with E-state index >= 15 is 0 Å². The third kappa shape index (κ3) is 4.63. The van der Waals surface area contributed by atoms with E-state index in [1.54, 1.807) is 12.0 Å². The van der Waals surface area contributed by atoms with Gasteiger partial charge in [0.25, 0.3) is 0 Å². The van der Waals surface area contributed by atoms with Crippen LogP contribution in [0, 0.1) is 0 Å². The number of methoxy groups -OCH3 is 1. The van der Waals surface area contributed by atoms with Crippen LogP contribution in [0.4, 0.5) is 4.79 Å². The van der Waals surface area contributed by atoms with Crippen molar-refractivity contribution >= 4 is 6.09 Å².